The van der Waals surface area contributed by atoms with Crippen LogP contribution < -0.4 is 0 Å². The lowest BCUT2D eigenvalue weighted by molar-refractivity contribution is -0.159. The highest BCUT2D eigenvalue weighted by Gasteiger charge is 2.52. The number of carbonyl (C=O) groups is 3. The van der Waals surface area contributed by atoms with Gasteiger partial charge in [-0.25, -0.2) is 4.79 Å². The van der Waals surface area contributed by atoms with E-state index in [1.165, 1.54) is 6.92 Å². The second kappa shape index (κ2) is 4.68. The highest BCUT2D eigenvalue weighted by Crippen LogP contribution is 2.39. The second-order valence-corrected chi connectivity index (χ2v) is 5.07. The largest absolute Gasteiger partial charge is 0.480 e. The summed E-state index contributed by atoms with van der Waals surface area (Å²) < 4.78 is 0. The number of nitrogens with zero attached hydrogens (tertiary/aromatic N) is 1. The molecule has 1 aliphatic heterocycles. The summed E-state index contributed by atoms with van der Waals surface area (Å²) in [7, 11) is 0. The SMILES string of the molecule is C[C@@H](O)[C@@H](C(=O)O)N1C(=O)[C@H]2CCCC[C@H]2C1=O. The summed E-state index contributed by atoms with van der Waals surface area (Å²) >= 11 is 0. The van der Waals surface area contributed by atoms with Crippen molar-refractivity contribution in [3.05, 3.63) is 0 Å². The molecule has 0 aromatic heterocycles. The molecular formula is C12H17NO5. The molecule has 0 aromatic rings. The highest BCUT2D eigenvalue weighted by atomic mass is 16.4. The Labute approximate surface area is 105 Å². The van der Waals surface area contributed by atoms with Gasteiger partial charge in [0.25, 0.3) is 0 Å². The number of aliphatic hydroxyl groups is 1. The Balaban J connectivity index is 2.30. The fourth-order valence-electron chi connectivity index (χ4n) is 2.99. The van der Waals surface area contributed by atoms with Crippen molar-refractivity contribution in [3.8, 4) is 0 Å². The van der Waals surface area contributed by atoms with Gasteiger partial charge in [0.15, 0.2) is 6.04 Å². The first-order valence-electron chi connectivity index (χ1n) is 6.23. The minimum Gasteiger partial charge on any atom is -0.480 e. The molecule has 1 saturated heterocycles. The molecule has 1 aliphatic carbocycles. The zero-order chi connectivity index (χ0) is 13.4. The molecule has 4 atom stereocenters. The Morgan fingerprint density at radius 2 is 1.67 bits per heavy atom. The monoisotopic (exact) mass is 255 g/mol. The lowest BCUT2D eigenvalue weighted by Crippen LogP contribution is -2.51. The third-order valence-electron chi connectivity index (χ3n) is 3.86. The quantitative estimate of drug-likeness (QED) is 0.692. The van der Waals surface area contributed by atoms with Gasteiger partial charge < -0.3 is 10.2 Å². The Hall–Kier alpha value is -1.43. The van der Waals surface area contributed by atoms with Crippen LogP contribution in [-0.2, 0) is 14.4 Å². The van der Waals surface area contributed by atoms with Crippen LogP contribution in [0.5, 0.6) is 0 Å². The van der Waals surface area contributed by atoms with E-state index in [2.05, 4.69) is 0 Å². The van der Waals surface area contributed by atoms with Crippen LogP contribution >= 0.6 is 0 Å². The average Bonchev–Trinajstić information content (AvgIpc) is 2.55. The van der Waals surface area contributed by atoms with Crippen molar-refractivity contribution in [3.63, 3.8) is 0 Å². The molecule has 2 N–H and O–H groups in total. The van der Waals surface area contributed by atoms with Gasteiger partial charge in [0.2, 0.25) is 11.8 Å². The lowest BCUT2D eigenvalue weighted by Gasteiger charge is -2.25. The van der Waals surface area contributed by atoms with Gasteiger partial charge in [-0.05, 0) is 19.8 Å². The predicted octanol–water partition coefficient (Wildman–Crippen LogP) is -0.00440. The van der Waals surface area contributed by atoms with Crippen LogP contribution in [0.3, 0.4) is 0 Å². The molecule has 0 aromatic carbocycles. The maximum Gasteiger partial charge on any atom is 0.329 e. The summed E-state index contributed by atoms with van der Waals surface area (Å²) in [6, 6.07) is -1.46. The smallest absolute Gasteiger partial charge is 0.329 e. The van der Waals surface area contributed by atoms with Crippen molar-refractivity contribution in [1.82, 2.24) is 4.90 Å². The van der Waals surface area contributed by atoms with E-state index in [0.717, 1.165) is 17.7 Å². The van der Waals surface area contributed by atoms with E-state index in [9.17, 15) is 19.5 Å². The minimum atomic E-state index is -1.46. The van der Waals surface area contributed by atoms with Crippen LogP contribution in [0.2, 0.25) is 0 Å². The molecule has 0 spiro atoms. The number of likely N-dealkylation sites (tertiary alicyclic amines) is 1. The third kappa shape index (κ3) is 1.90. The number of carboxylic acids is 1. The van der Waals surface area contributed by atoms with E-state index in [4.69, 9.17) is 5.11 Å². The van der Waals surface area contributed by atoms with Crippen LogP contribution in [0.15, 0.2) is 0 Å². The van der Waals surface area contributed by atoms with Gasteiger partial charge in [0.05, 0.1) is 17.9 Å². The molecular weight excluding hydrogens is 238 g/mol. The fourth-order valence-corrected chi connectivity index (χ4v) is 2.99. The van der Waals surface area contributed by atoms with Crippen LogP contribution in [0, 0.1) is 11.8 Å². The molecule has 18 heavy (non-hydrogen) atoms. The summed E-state index contributed by atoms with van der Waals surface area (Å²) in [6.07, 6.45) is 1.78. The number of carboxylic acid groups (broad SMARTS) is 1. The Morgan fingerprint density at radius 3 is 2.00 bits per heavy atom. The first kappa shape index (κ1) is 13.0. The van der Waals surface area contributed by atoms with E-state index >= 15 is 0 Å². The van der Waals surface area contributed by atoms with Gasteiger partial charge in [-0.2, -0.15) is 0 Å². The standard InChI is InChI=1S/C12H17NO5/c1-6(14)9(12(17)18)13-10(15)7-4-2-3-5-8(7)11(13)16/h6-9,14H,2-5H2,1H3,(H,17,18)/t6-,7-,8+,9+/m1/s1. The summed E-state index contributed by atoms with van der Waals surface area (Å²) in [5.74, 6) is -2.97. The molecule has 1 heterocycles. The van der Waals surface area contributed by atoms with Crippen LogP contribution in [-0.4, -0.2) is 45.0 Å². The maximum absolute atomic E-state index is 12.1. The molecule has 2 rings (SSSR count). The van der Waals surface area contributed by atoms with Gasteiger partial charge in [0.1, 0.15) is 0 Å². The first-order chi connectivity index (χ1) is 8.45. The predicted molar refractivity (Wildman–Crippen MR) is 60.4 cm³/mol. The number of hydrogen-bond donors (Lipinski definition) is 2. The van der Waals surface area contributed by atoms with E-state index < -0.39 is 29.9 Å². The van der Waals surface area contributed by atoms with Gasteiger partial charge >= 0.3 is 5.97 Å². The van der Waals surface area contributed by atoms with Gasteiger partial charge in [-0.15, -0.1) is 0 Å². The van der Waals surface area contributed by atoms with Crippen LogP contribution in [0.4, 0.5) is 0 Å². The molecule has 0 unspecified atom stereocenters. The molecule has 2 amide bonds. The number of rotatable bonds is 3. The van der Waals surface area contributed by atoms with Gasteiger partial charge in [-0.3, -0.25) is 14.5 Å². The molecule has 2 fully saturated rings. The number of carbonyl (C=O) groups excluding carboxylic acids is 2. The topological polar surface area (TPSA) is 94.9 Å². The van der Waals surface area contributed by atoms with Crippen molar-refractivity contribution in [2.75, 3.05) is 0 Å². The van der Waals surface area contributed by atoms with E-state index in [-0.39, 0.29) is 11.8 Å². The zero-order valence-corrected chi connectivity index (χ0v) is 10.2. The zero-order valence-electron chi connectivity index (χ0n) is 10.2. The normalized spacial score (nSPS) is 31.1. The minimum absolute atomic E-state index is 0.383. The first-order valence-corrected chi connectivity index (χ1v) is 6.23. The molecule has 1 saturated carbocycles. The van der Waals surface area contributed by atoms with Crippen molar-refractivity contribution in [2.24, 2.45) is 11.8 Å². The fraction of sp³-hybridized carbons (Fsp3) is 0.750. The van der Waals surface area contributed by atoms with Crippen molar-refractivity contribution in [2.45, 2.75) is 44.8 Å². The third-order valence-corrected chi connectivity index (χ3v) is 3.86. The number of hydrogen-bond acceptors (Lipinski definition) is 4. The molecule has 0 bridgehead atoms. The maximum atomic E-state index is 12.1. The molecule has 0 radical (unpaired) electrons. The van der Waals surface area contributed by atoms with Crippen molar-refractivity contribution in [1.29, 1.82) is 0 Å². The number of amides is 2. The van der Waals surface area contributed by atoms with Gasteiger partial charge in [0, 0.05) is 0 Å². The number of imide groups is 1. The summed E-state index contributed by atoms with van der Waals surface area (Å²) in [5.41, 5.74) is 0. The number of fused-ring (bicyclic) bond motifs is 1. The number of aliphatic carboxylic acids is 1. The van der Waals surface area contributed by atoms with E-state index in [1.807, 2.05) is 0 Å². The van der Waals surface area contributed by atoms with Crippen LogP contribution in [0.1, 0.15) is 32.6 Å². The van der Waals surface area contributed by atoms with Crippen molar-refractivity contribution >= 4 is 17.8 Å². The highest BCUT2D eigenvalue weighted by molar-refractivity contribution is 6.07. The Bertz CT molecular complexity index is 368. The summed E-state index contributed by atoms with van der Waals surface area (Å²) in [5, 5.41) is 18.6. The Kier molecular flexibility index (Phi) is 3.38. The lowest BCUT2D eigenvalue weighted by atomic mass is 9.81. The number of aliphatic hydroxyl groups excluding tert-OH is 1. The van der Waals surface area contributed by atoms with Crippen molar-refractivity contribution < 1.29 is 24.6 Å². The van der Waals surface area contributed by atoms with E-state index in [0.29, 0.717) is 12.8 Å². The van der Waals surface area contributed by atoms with Crippen LogP contribution in [0.25, 0.3) is 0 Å². The second-order valence-electron chi connectivity index (χ2n) is 5.07. The summed E-state index contributed by atoms with van der Waals surface area (Å²) in [6.45, 7) is 1.28. The van der Waals surface area contributed by atoms with Gasteiger partial charge in [-0.1, -0.05) is 12.8 Å². The molecule has 2 aliphatic rings. The molecule has 6 heteroatoms. The molecule has 6 nitrogen and oxygen atoms in total. The molecule has 100 valence electrons. The average molecular weight is 255 g/mol. The summed E-state index contributed by atoms with van der Waals surface area (Å²) in [4.78, 5) is 36.2. The Morgan fingerprint density at radius 1 is 1.22 bits per heavy atom. The van der Waals surface area contributed by atoms with E-state index in [1.54, 1.807) is 0 Å².